The highest BCUT2D eigenvalue weighted by molar-refractivity contribution is 5.66. The lowest BCUT2D eigenvalue weighted by Gasteiger charge is -2.25. The fourth-order valence-electron chi connectivity index (χ4n) is 2.06. The van der Waals surface area contributed by atoms with Crippen LogP contribution in [0.4, 0.5) is 11.6 Å². The Bertz CT molecular complexity index is 533. The van der Waals surface area contributed by atoms with E-state index in [0.717, 1.165) is 37.5 Å². The molecule has 2 rings (SSSR count). The fourth-order valence-corrected chi connectivity index (χ4v) is 2.06. The van der Waals surface area contributed by atoms with E-state index in [1.807, 2.05) is 10.6 Å². The Kier molecular flexibility index (Phi) is 4.21. The Morgan fingerprint density at radius 1 is 1.26 bits per heavy atom. The highest BCUT2D eigenvalue weighted by Crippen LogP contribution is 2.19. The van der Waals surface area contributed by atoms with Crippen molar-refractivity contribution in [3.8, 4) is 0 Å². The molecule has 0 radical (unpaired) electrons. The zero-order chi connectivity index (χ0) is 13.8. The summed E-state index contributed by atoms with van der Waals surface area (Å²) < 4.78 is 1.93. The quantitative estimate of drug-likeness (QED) is 0.844. The van der Waals surface area contributed by atoms with Gasteiger partial charge >= 0.3 is 0 Å². The molecule has 6 heteroatoms. The second-order valence-corrected chi connectivity index (χ2v) is 4.94. The number of rotatable bonds is 6. The second-order valence-electron chi connectivity index (χ2n) is 4.94. The fraction of sp³-hybridized carbons (Fsp3) is 0.538. The number of nitrogens with two attached hydrogens (primary N) is 1. The monoisotopic (exact) mass is 262 g/mol. The SMILES string of the molecule is CCCN(CCN(C)C)c1nc(N)cn2ccnc12. The van der Waals surface area contributed by atoms with Crippen LogP contribution in [0.3, 0.4) is 0 Å². The Morgan fingerprint density at radius 2 is 2.05 bits per heavy atom. The maximum atomic E-state index is 5.88. The Balaban J connectivity index is 2.34. The zero-order valence-electron chi connectivity index (χ0n) is 11.9. The number of hydrogen-bond acceptors (Lipinski definition) is 5. The lowest BCUT2D eigenvalue weighted by Crippen LogP contribution is -2.33. The predicted octanol–water partition coefficient (Wildman–Crippen LogP) is 1.09. The molecule has 0 saturated heterocycles. The average molecular weight is 262 g/mol. The van der Waals surface area contributed by atoms with Crippen molar-refractivity contribution in [2.75, 3.05) is 44.4 Å². The number of fused-ring (bicyclic) bond motifs is 1. The van der Waals surface area contributed by atoms with Gasteiger partial charge in [-0.1, -0.05) is 6.92 Å². The number of anilines is 2. The number of nitrogen functional groups attached to an aromatic ring is 1. The highest BCUT2D eigenvalue weighted by Gasteiger charge is 2.14. The van der Waals surface area contributed by atoms with Crippen molar-refractivity contribution >= 4 is 17.3 Å². The maximum Gasteiger partial charge on any atom is 0.180 e. The van der Waals surface area contributed by atoms with Crippen molar-refractivity contribution < 1.29 is 0 Å². The minimum Gasteiger partial charge on any atom is -0.382 e. The molecule has 0 aliphatic rings. The number of hydrogen-bond donors (Lipinski definition) is 1. The van der Waals surface area contributed by atoms with Gasteiger partial charge < -0.3 is 19.9 Å². The summed E-state index contributed by atoms with van der Waals surface area (Å²) in [5.74, 6) is 1.39. The number of likely N-dealkylation sites (N-methyl/N-ethyl adjacent to an activating group) is 1. The van der Waals surface area contributed by atoms with Crippen LogP contribution in [0, 0.1) is 0 Å². The second kappa shape index (κ2) is 5.88. The van der Waals surface area contributed by atoms with Crippen LogP contribution >= 0.6 is 0 Å². The van der Waals surface area contributed by atoms with Gasteiger partial charge in [-0.3, -0.25) is 0 Å². The van der Waals surface area contributed by atoms with Crippen LogP contribution in [0.5, 0.6) is 0 Å². The molecule has 104 valence electrons. The van der Waals surface area contributed by atoms with E-state index >= 15 is 0 Å². The summed E-state index contributed by atoms with van der Waals surface area (Å²) >= 11 is 0. The first-order chi connectivity index (χ1) is 9.11. The van der Waals surface area contributed by atoms with Crippen LogP contribution in [0.2, 0.25) is 0 Å². The molecule has 0 atom stereocenters. The number of imidazole rings is 1. The first-order valence-electron chi connectivity index (χ1n) is 6.60. The third-order valence-corrected chi connectivity index (χ3v) is 2.99. The first kappa shape index (κ1) is 13.6. The Labute approximate surface area is 113 Å². The van der Waals surface area contributed by atoms with Gasteiger partial charge in [0.2, 0.25) is 0 Å². The molecule has 0 saturated carbocycles. The molecule has 0 bridgehead atoms. The summed E-state index contributed by atoms with van der Waals surface area (Å²) in [6, 6.07) is 0. The van der Waals surface area contributed by atoms with Gasteiger partial charge in [-0.25, -0.2) is 9.97 Å². The first-order valence-corrected chi connectivity index (χ1v) is 6.60. The molecule has 6 nitrogen and oxygen atoms in total. The summed E-state index contributed by atoms with van der Waals surface area (Å²) in [7, 11) is 4.14. The van der Waals surface area contributed by atoms with Crippen LogP contribution in [-0.4, -0.2) is 53.0 Å². The van der Waals surface area contributed by atoms with Gasteiger partial charge in [-0.2, -0.15) is 0 Å². The molecule has 0 amide bonds. The molecule has 2 aromatic heterocycles. The van der Waals surface area contributed by atoms with Gasteiger partial charge in [0, 0.05) is 32.0 Å². The van der Waals surface area contributed by atoms with E-state index in [1.165, 1.54) is 0 Å². The van der Waals surface area contributed by atoms with Crippen molar-refractivity contribution in [1.29, 1.82) is 0 Å². The van der Waals surface area contributed by atoms with Crippen LogP contribution in [0.15, 0.2) is 18.6 Å². The van der Waals surface area contributed by atoms with Crippen LogP contribution in [-0.2, 0) is 0 Å². The largest absolute Gasteiger partial charge is 0.382 e. The highest BCUT2D eigenvalue weighted by atomic mass is 15.2. The summed E-state index contributed by atoms with van der Waals surface area (Å²) in [4.78, 5) is 13.3. The van der Waals surface area contributed by atoms with E-state index in [-0.39, 0.29) is 0 Å². The lowest BCUT2D eigenvalue weighted by atomic mass is 10.3. The Morgan fingerprint density at radius 3 is 2.74 bits per heavy atom. The predicted molar refractivity (Wildman–Crippen MR) is 78.5 cm³/mol. The van der Waals surface area contributed by atoms with Gasteiger partial charge in [0.25, 0.3) is 0 Å². The van der Waals surface area contributed by atoms with Crippen molar-refractivity contribution in [3.05, 3.63) is 18.6 Å². The minimum absolute atomic E-state index is 0.520. The summed E-state index contributed by atoms with van der Waals surface area (Å²) in [5.41, 5.74) is 6.74. The van der Waals surface area contributed by atoms with Crippen molar-refractivity contribution in [3.63, 3.8) is 0 Å². The van der Waals surface area contributed by atoms with E-state index in [1.54, 1.807) is 12.4 Å². The van der Waals surface area contributed by atoms with Gasteiger partial charge in [-0.05, 0) is 20.5 Å². The van der Waals surface area contributed by atoms with E-state index in [2.05, 4.69) is 40.8 Å². The smallest absolute Gasteiger partial charge is 0.180 e. The topological polar surface area (TPSA) is 62.7 Å². The standard InChI is InChI=1S/C13H22N6/c1-4-6-18(9-8-17(2)3)13-12-15-5-7-19(12)10-11(14)16-13/h5,7,10H,4,6,8-9,14H2,1-3H3. The molecule has 0 unspecified atom stereocenters. The molecular formula is C13H22N6. The maximum absolute atomic E-state index is 5.88. The number of aromatic nitrogens is 3. The van der Waals surface area contributed by atoms with E-state index < -0.39 is 0 Å². The molecule has 2 N–H and O–H groups in total. The molecule has 2 aromatic rings. The van der Waals surface area contributed by atoms with Crippen LogP contribution in [0.25, 0.3) is 5.65 Å². The molecule has 0 spiro atoms. The van der Waals surface area contributed by atoms with Crippen LogP contribution < -0.4 is 10.6 Å². The Hall–Kier alpha value is -1.82. The van der Waals surface area contributed by atoms with E-state index in [4.69, 9.17) is 5.73 Å². The normalized spacial score (nSPS) is 11.4. The summed E-state index contributed by atoms with van der Waals surface area (Å²) in [6.45, 7) is 5.01. The molecule has 0 aromatic carbocycles. The average Bonchev–Trinajstić information content (AvgIpc) is 2.81. The van der Waals surface area contributed by atoms with E-state index in [9.17, 15) is 0 Å². The minimum atomic E-state index is 0.520. The third kappa shape index (κ3) is 3.14. The summed E-state index contributed by atoms with van der Waals surface area (Å²) in [5, 5.41) is 0. The zero-order valence-corrected chi connectivity index (χ0v) is 11.9. The third-order valence-electron chi connectivity index (χ3n) is 2.99. The molecule has 0 fully saturated rings. The van der Waals surface area contributed by atoms with Gasteiger partial charge in [0.15, 0.2) is 11.5 Å². The summed E-state index contributed by atoms with van der Waals surface area (Å²) in [6.07, 6.45) is 6.53. The molecule has 2 heterocycles. The van der Waals surface area contributed by atoms with Crippen LogP contribution in [0.1, 0.15) is 13.3 Å². The van der Waals surface area contributed by atoms with Crippen molar-refractivity contribution in [2.45, 2.75) is 13.3 Å². The van der Waals surface area contributed by atoms with Gasteiger partial charge in [-0.15, -0.1) is 0 Å². The molecule has 0 aliphatic carbocycles. The van der Waals surface area contributed by atoms with Crippen molar-refractivity contribution in [2.24, 2.45) is 0 Å². The van der Waals surface area contributed by atoms with Gasteiger partial charge in [0.05, 0.1) is 6.20 Å². The van der Waals surface area contributed by atoms with E-state index in [0.29, 0.717) is 5.82 Å². The lowest BCUT2D eigenvalue weighted by molar-refractivity contribution is 0.412. The van der Waals surface area contributed by atoms with Gasteiger partial charge in [0.1, 0.15) is 5.82 Å². The van der Waals surface area contributed by atoms with Crippen molar-refractivity contribution in [1.82, 2.24) is 19.3 Å². The number of nitrogens with zero attached hydrogens (tertiary/aromatic N) is 5. The molecule has 19 heavy (non-hydrogen) atoms. The molecular weight excluding hydrogens is 240 g/mol. The molecule has 0 aliphatic heterocycles.